The van der Waals surface area contributed by atoms with Crippen molar-refractivity contribution in [1.29, 1.82) is 0 Å². The van der Waals surface area contributed by atoms with Gasteiger partial charge in [-0.25, -0.2) is 4.39 Å². The van der Waals surface area contributed by atoms with Crippen molar-refractivity contribution in [1.82, 2.24) is 5.32 Å². The van der Waals surface area contributed by atoms with Gasteiger partial charge in [-0.3, -0.25) is 4.79 Å². The number of hydrogen-bond acceptors (Lipinski definition) is 4. The first-order valence-electron chi connectivity index (χ1n) is 10.4. The fourth-order valence-corrected chi connectivity index (χ4v) is 4.23. The van der Waals surface area contributed by atoms with Crippen LogP contribution in [0.4, 0.5) is 15.8 Å². The lowest BCUT2D eigenvalue weighted by molar-refractivity contribution is 0.0950. The first-order valence-corrected chi connectivity index (χ1v) is 10.8. The summed E-state index contributed by atoms with van der Waals surface area (Å²) < 4.78 is 19.4. The first kappa shape index (κ1) is 20.9. The summed E-state index contributed by atoms with van der Waals surface area (Å²) in [5.74, 6) is -0.145. The Bertz CT molecular complexity index is 900. The van der Waals surface area contributed by atoms with Crippen molar-refractivity contribution >= 4 is 28.9 Å². The average Bonchev–Trinajstić information content (AvgIpc) is 3.19. The highest BCUT2D eigenvalue weighted by atomic mass is 35.5. The molecule has 5 nitrogen and oxygen atoms in total. The van der Waals surface area contributed by atoms with Gasteiger partial charge in [0.25, 0.3) is 5.91 Å². The molecule has 1 amide bonds. The van der Waals surface area contributed by atoms with Crippen molar-refractivity contribution in [3.8, 4) is 0 Å². The monoisotopic (exact) mass is 431 g/mol. The predicted molar refractivity (Wildman–Crippen MR) is 119 cm³/mol. The number of morpholine rings is 1. The maximum atomic E-state index is 14.0. The summed E-state index contributed by atoms with van der Waals surface area (Å²) in [4.78, 5) is 17.4. The molecule has 2 heterocycles. The van der Waals surface area contributed by atoms with E-state index >= 15 is 0 Å². The van der Waals surface area contributed by atoms with E-state index in [9.17, 15) is 9.18 Å². The lowest BCUT2D eigenvalue weighted by Crippen LogP contribution is -2.36. The maximum absolute atomic E-state index is 14.0. The summed E-state index contributed by atoms with van der Waals surface area (Å²) in [7, 11) is 0. The summed E-state index contributed by atoms with van der Waals surface area (Å²) in [6, 6.07) is 11.5. The lowest BCUT2D eigenvalue weighted by Gasteiger charge is -2.31. The molecule has 2 aromatic carbocycles. The molecule has 1 N–H and O–H groups in total. The van der Waals surface area contributed by atoms with Gasteiger partial charge in [0.15, 0.2) is 0 Å². The average molecular weight is 432 g/mol. The highest BCUT2D eigenvalue weighted by Crippen LogP contribution is 2.33. The van der Waals surface area contributed by atoms with Gasteiger partial charge >= 0.3 is 0 Å². The second-order valence-electron chi connectivity index (χ2n) is 7.90. The Kier molecular flexibility index (Phi) is 6.44. The maximum Gasteiger partial charge on any atom is 0.253 e. The van der Waals surface area contributed by atoms with Gasteiger partial charge < -0.3 is 19.9 Å². The van der Waals surface area contributed by atoms with Crippen LogP contribution in [0.15, 0.2) is 36.4 Å². The Morgan fingerprint density at radius 3 is 2.57 bits per heavy atom. The van der Waals surface area contributed by atoms with Crippen molar-refractivity contribution in [3.05, 3.63) is 58.1 Å². The van der Waals surface area contributed by atoms with Gasteiger partial charge in [0.05, 0.1) is 24.5 Å². The van der Waals surface area contributed by atoms with Crippen LogP contribution in [-0.4, -0.2) is 51.5 Å². The number of carbonyl (C=O) groups is 1. The van der Waals surface area contributed by atoms with E-state index in [1.807, 2.05) is 42.2 Å². The van der Waals surface area contributed by atoms with Gasteiger partial charge in [-0.1, -0.05) is 23.7 Å². The molecule has 0 aliphatic carbocycles. The van der Waals surface area contributed by atoms with Crippen LogP contribution in [0.3, 0.4) is 0 Å². The zero-order chi connectivity index (χ0) is 21.1. The van der Waals surface area contributed by atoms with Gasteiger partial charge in [-0.15, -0.1) is 0 Å². The minimum absolute atomic E-state index is 0.145. The summed E-state index contributed by atoms with van der Waals surface area (Å²) in [5, 5.41) is 3.68. The Hall–Kier alpha value is -2.31. The zero-order valence-corrected chi connectivity index (χ0v) is 17.9. The van der Waals surface area contributed by atoms with E-state index in [2.05, 4.69) is 16.3 Å². The van der Waals surface area contributed by atoms with E-state index in [1.165, 1.54) is 0 Å². The molecule has 1 atom stereocenters. The number of amides is 1. The third-order valence-corrected chi connectivity index (χ3v) is 5.99. The largest absolute Gasteiger partial charge is 0.378 e. The molecule has 0 bridgehead atoms. The molecule has 1 unspecified atom stereocenters. The number of ether oxygens (including phenoxy) is 1. The van der Waals surface area contributed by atoms with Crippen LogP contribution in [0.1, 0.15) is 27.9 Å². The van der Waals surface area contributed by atoms with E-state index < -0.39 is 6.17 Å². The molecular weight excluding hydrogens is 405 g/mol. The smallest absolute Gasteiger partial charge is 0.253 e. The number of aryl methyl sites for hydroxylation is 1. The molecule has 30 heavy (non-hydrogen) atoms. The lowest BCUT2D eigenvalue weighted by atomic mass is 10.0. The van der Waals surface area contributed by atoms with Gasteiger partial charge in [0.2, 0.25) is 0 Å². The normalized spacial score (nSPS) is 19.2. The van der Waals surface area contributed by atoms with Crippen molar-refractivity contribution in [2.45, 2.75) is 26.1 Å². The number of halogens is 2. The molecule has 2 saturated heterocycles. The number of hydrogen-bond donors (Lipinski definition) is 1. The van der Waals surface area contributed by atoms with Crippen LogP contribution < -0.4 is 15.1 Å². The fraction of sp³-hybridized carbons (Fsp3) is 0.435. The van der Waals surface area contributed by atoms with E-state index in [4.69, 9.17) is 16.3 Å². The molecule has 160 valence electrons. The van der Waals surface area contributed by atoms with Crippen LogP contribution in [0, 0.1) is 6.92 Å². The standard InChI is InChI=1S/C23H27ClFN3O2/c1-16-12-20(27-8-10-30-11-9-27)13-21(28-7-6-19(25)15-28)22(16)23(29)26-14-17-2-4-18(24)5-3-17/h2-5,12-13,19H,6-11,14-15H2,1H3,(H,26,29). The van der Waals surface area contributed by atoms with Crippen molar-refractivity contribution in [3.63, 3.8) is 0 Å². The first-order chi connectivity index (χ1) is 14.5. The molecule has 2 fully saturated rings. The second-order valence-corrected chi connectivity index (χ2v) is 8.33. The number of nitrogens with zero attached hydrogens (tertiary/aromatic N) is 2. The van der Waals surface area contributed by atoms with Crippen molar-refractivity contribution in [2.24, 2.45) is 0 Å². The fourth-order valence-electron chi connectivity index (χ4n) is 4.11. The third-order valence-electron chi connectivity index (χ3n) is 5.74. The predicted octanol–water partition coefficient (Wildman–Crippen LogP) is 3.96. The molecule has 7 heteroatoms. The van der Waals surface area contributed by atoms with E-state index in [0.717, 1.165) is 35.6 Å². The van der Waals surface area contributed by atoms with Gasteiger partial charge in [0.1, 0.15) is 6.17 Å². The molecule has 0 saturated carbocycles. The molecule has 4 rings (SSSR count). The van der Waals surface area contributed by atoms with Crippen LogP contribution in [0.25, 0.3) is 0 Å². The molecule has 2 aliphatic rings. The van der Waals surface area contributed by atoms with Crippen LogP contribution >= 0.6 is 11.6 Å². The van der Waals surface area contributed by atoms with Gasteiger partial charge in [-0.2, -0.15) is 0 Å². The molecule has 0 aromatic heterocycles. The number of anilines is 2. The van der Waals surface area contributed by atoms with Crippen molar-refractivity contribution < 1.29 is 13.9 Å². The van der Waals surface area contributed by atoms with Crippen LogP contribution in [0.2, 0.25) is 5.02 Å². The Morgan fingerprint density at radius 1 is 1.17 bits per heavy atom. The summed E-state index contributed by atoms with van der Waals surface area (Å²) in [6.07, 6.45) is -0.366. The quantitative estimate of drug-likeness (QED) is 0.778. The highest BCUT2D eigenvalue weighted by Gasteiger charge is 2.28. The SMILES string of the molecule is Cc1cc(N2CCOCC2)cc(N2CCC(F)C2)c1C(=O)NCc1ccc(Cl)cc1. The van der Waals surface area contributed by atoms with E-state index in [-0.39, 0.29) is 5.91 Å². The number of carbonyl (C=O) groups excluding carboxylic acids is 1. The third kappa shape index (κ3) is 4.71. The Morgan fingerprint density at radius 2 is 1.90 bits per heavy atom. The Balaban J connectivity index is 1.61. The molecule has 0 spiro atoms. The van der Waals surface area contributed by atoms with Crippen molar-refractivity contribution in [2.75, 3.05) is 49.2 Å². The number of rotatable bonds is 5. The highest BCUT2D eigenvalue weighted by molar-refractivity contribution is 6.30. The van der Waals surface area contributed by atoms with Crippen LogP contribution in [-0.2, 0) is 11.3 Å². The topological polar surface area (TPSA) is 44.8 Å². The zero-order valence-electron chi connectivity index (χ0n) is 17.2. The van der Waals surface area contributed by atoms with Gasteiger partial charge in [-0.05, 0) is 48.7 Å². The number of nitrogens with one attached hydrogen (secondary N) is 1. The van der Waals surface area contributed by atoms with Crippen LogP contribution in [0.5, 0.6) is 0 Å². The van der Waals surface area contributed by atoms with E-state index in [0.29, 0.717) is 49.9 Å². The summed E-state index contributed by atoms with van der Waals surface area (Å²) in [6.45, 7) is 6.30. The minimum atomic E-state index is -0.859. The number of benzene rings is 2. The molecule has 2 aliphatic heterocycles. The Labute approximate surface area is 181 Å². The summed E-state index contributed by atoms with van der Waals surface area (Å²) in [5.41, 5.74) is 4.36. The second kappa shape index (κ2) is 9.23. The van der Waals surface area contributed by atoms with E-state index in [1.54, 1.807) is 0 Å². The molecule has 2 aromatic rings. The number of alkyl halides is 1. The molecular formula is C23H27ClFN3O2. The molecule has 0 radical (unpaired) electrons. The minimum Gasteiger partial charge on any atom is -0.378 e. The van der Waals surface area contributed by atoms with Gasteiger partial charge in [0, 0.05) is 43.4 Å². The summed E-state index contributed by atoms with van der Waals surface area (Å²) >= 11 is 5.94.